The molecule has 0 aliphatic rings. The van der Waals surface area contributed by atoms with E-state index in [4.69, 9.17) is 14.2 Å². The van der Waals surface area contributed by atoms with Gasteiger partial charge in [-0.25, -0.2) is 19.4 Å². The van der Waals surface area contributed by atoms with Gasteiger partial charge in [-0.3, -0.25) is 4.90 Å². The van der Waals surface area contributed by atoms with E-state index in [9.17, 15) is 14.4 Å². The van der Waals surface area contributed by atoms with Gasteiger partial charge in [0.15, 0.2) is 0 Å². The van der Waals surface area contributed by atoms with E-state index in [0.29, 0.717) is 17.1 Å². The number of thiol groups is 1. The maximum Gasteiger partial charge on any atom is 0.415 e. The number of amides is 2. The fourth-order valence-corrected chi connectivity index (χ4v) is 3.02. The zero-order valence-corrected chi connectivity index (χ0v) is 23.8. The third-order valence-electron chi connectivity index (χ3n) is 4.37. The number of nitrogens with zero attached hydrogens (tertiary/aromatic N) is 2. The van der Waals surface area contributed by atoms with E-state index in [1.54, 1.807) is 52.1 Å². The number of hydrogen-bond donors (Lipinski definition) is 2. The molecule has 0 aromatic carbocycles. The van der Waals surface area contributed by atoms with Gasteiger partial charge in [0.25, 0.3) is 0 Å². The second-order valence-electron chi connectivity index (χ2n) is 10.1. The molecule has 2 amide bonds. The molecule has 0 spiro atoms. The Morgan fingerprint density at radius 2 is 1.70 bits per heavy atom. The standard InChI is InChI=1S/C27H39N3O6S/c1-26(2,3)35-24(32)29-21(23(31)34-8)18-20(37)16-12-10-9-11-14-19-15-13-17-22(28-19)30(7)25(33)36-27(4,5)6/h9-13,15-17,21,37H,14,18H2,1-8H3,(H,29,32)/b11-9+,12-10+,20-16-. The molecular weight excluding hydrogens is 494 g/mol. The summed E-state index contributed by atoms with van der Waals surface area (Å²) in [6.45, 7) is 10.6. The zero-order valence-electron chi connectivity index (χ0n) is 22.9. The van der Waals surface area contributed by atoms with Crippen molar-refractivity contribution in [2.45, 2.75) is 71.6 Å². The van der Waals surface area contributed by atoms with Gasteiger partial charge in [-0.05, 0) is 58.6 Å². The monoisotopic (exact) mass is 533 g/mol. The van der Waals surface area contributed by atoms with Gasteiger partial charge >= 0.3 is 18.2 Å². The third-order valence-corrected chi connectivity index (χ3v) is 4.70. The predicted molar refractivity (Wildman–Crippen MR) is 148 cm³/mol. The largest absolute Gasteiger partial charge is 0.467 e. The van der Waals surface area contributed by atoms with Gasteiger partial charge in [0, 0.05) is 25.6 Å². The number of anilines is 1. The Morgan fingerprint density at radius 3 is 2.30 bits per heavy atom. The van der Waals surface area contributed by atoms with Crippen molar-refractivity contribution in [3.05, 3.63) is 59.2 Å². The van der Waals surface area contributed by atoms with Crippen LogP contribution >= 0.6 is 12.6 Å². The quantitative estimate of drug-likeness (QED) is 0.190. The summed E-state index contributed by atoms with van der Waals surface area (Å²) in [6.07, 6.45) is 8.58. The van der Waals surface area contributed by atoms with Gasteiger partial charge in [0.1, 0.15) is 23.1 Å². The second kappa shape index (κ2) is 14.5. The first kappa shape index (κ1) is 31.8. The first-order valence-electron chi connectivity index (χ1n) is 11.8. The molecule has 1 N–H and O–H groups in total. The van der Waals surface area contributed by atoms with Crippen LogP contribution < -0.4 is 10.2 Å². The highest BCUT2D eigenvalue weighted by Crippen LogP contribution is 2.16. The van der Waals surface area contributed by atoms with E-state index in [0.717, 1.165) is 5.69 Å². The summed E-state index contributed by atoms with van der Waals surface area (Å²) >= 11 is 4.40. The van der Waals surface area contributed by atoms with Crippen LogP contribution in [0.25, 0.3) is 0 Å². The summed E-state index contributed by atoms with van der Waals surface area (Å²) < 4.78 is 15.3. The lowest BCUT2D eigenvalue weighted by molar-refractivity contribution is -0.143. The van der Waals surface area contributed by atoms with Crippen molar-refractivity contribution in [3.63, 3.8) is 0 Å². The summed E-state index contributed by atoms with van der Waals surface area (Å²) in [7, 11) is 2.87. The molecule has 10 heteroatoms. The molecule has 0 radical (unpaired) electrons. The second-order valence-corrected chi connectivity index (χ2v) is 10.7. The Labute approximate surface area is 225 Å². The van der Waals surface area contributed by atoms with Crippen LogP contribution in [0.1, 0.15) is 53.7 Å². The van der Waals surface area contributed by atoms with Crippen LogP contribution in [-0.2, 0) is 25.4 Å². The zero-order chi connectivity index (χ0) is 28.2. The molecule has 0 saturated heterocycles. The van der Waals surface area contributed by atoms with Gasteiger partial charge in [-0.15, -0.1) is 12.6 Å². The molecule has 0 aliphatic heterocycles. The van der Waals surface area contributed by atoms with E-state index in [1.807, 2.05) is 45.1 Å². The van der Waals surface area contributed by atoms with E-state index in [2.05, 4.69) is 22.9 Å². The van der Waals surface area contributed by atoms with E-state index >= 15 is 0 Å². The molecule has 0 aliphatic carbocycles. The maximum atomic E-state index is 12.3. The fraction of sp³-hybridized carbons (Fsp3) is 0.481. The van der Waals surface area contributed by atoms with E-state index in [1.165, 1.54) is 12.0 Å². The molecule has 1 heterocycles. The number of ether oxygens (including phenoxy) is 3. The molecule has 0 saturated carbocycles. The number of carbonyl (C=O) groups excluding carboxylic acids is 3. The summed E-state index contributed by atoms with van der Waals surface area (Å²) in [5.41, 5.74) is -0.490. The first-order valence-corrected chi connectivity index (χ1v) is 12.3. The Hall–Kier alpha value is -3.27. The van der Waals surface area contributed by atoms with Crippen LogP contribution in [-0.4, -0.2) is 54.5 Å². The van der Waals surface area contributed by atoms with Crippen molar-refractivity contribution in [1.29, 1.82) is 0 Å². The third kappa shape index (κ3) is 13.6. The van der Waals surface area contributed by atoms with Crippen molar-refractivity contribution in [2.24, 2.45) is 0 Å². The van der Waals surface area contributed by atoms with Crippen molar-refractivity contribution < 1.29 is 28.6 Å². The molecule has 1 unspecified atom stereocenters. The molecule has 37 heavy (non-hydrogen) atoms. The highest BCUT2D eigenvalue weighted by atomic mass is 32.1. The van der Waals surface area contributed by atoms with Crippen LogP contribution in [0.3, 0.4) is 0 Å². The Kier molecular flexibility index (Phi) is 12.4. The highest BCUT2D eigenvalue weighted by molar-refractivity contribution is 7.84. The fourth-order valence-electron chi connectivity index (χ4n) is 2.75. The van der Waals surface area contributed by atoms with Crippen LogP contribution in [0.2, 0.25) is 0 Å². The smallest absolute Gasteiger partial charge is 0.415 e. The van der Waals surface area contributed by atoms with Crippen molar-refractivity contribution in [2.75, 3.05) is 19.1 Å². The lowest BCUT2D eigenvalue weighted by atomic mass is 10.2. The number of hydrogen-bond acceptors (Lipinski definition) is 8. The van der Waals surface area contributed by atoms with Crippen LogP contribution in [0, 0.1) is 0 Å². The first-order chi connectivity index (χ1) is 17.1. The molecule has 0 bridgehead atoms. The Morgan fingerprint density at radius 1 is 1.05 bits per heavy atom. The average molecular weight is 534 g/mol. The van der Waals surface area contributed by atoms with Crippen molar-refractivity contribution in [1.82, 2.24) is 10.3 Å². The lowest BCUT2D eigenvalue weighted by Crippen LogP contribution is -2.44. The molecule has 1 aromatic rings. The van der Waals surface area contributed by atoms with Crippen molar-refractivity contribution >= 4 is 36.6 Å². The van der Waals surface area contributed by atoms with Crippen LogP contribution in [0.5, 0.6) is 0 Å². The highest BCUT2D eigenvalue weighted by Gasteiger charge is 2.25. The number of esters is 1. The number of pyridine rings is 1. The minimum atomic E-state index is -0.926. The number of alkyl carbamates (subject to hydrolysis) is 1. The Bertz CT molecular complexity index is 1020. The normalized spacial score (nSPS) is 13.4. The maximum absolute atomic E-state index is 12.3. The van der Waals surface area contributed by atoms with E-state index < -0.39 is 35.4 Å². The summed E-state index contributed by atoms with van der Waals surface area (Å²) in [5.74, 6) is -0.0970. The number of methoxy groups -OCH3 is 1. The SMILES string of the molecule is COC(=O)C(C/C(S)=C/C=C/C=C/Cc1cccc(N(C)C(=O)OC(C)(C)C)n1)NC(=O)OC(C)(C)C. The van der Waals surface area contributed by atoms with Gasteiger partial charge in [-0.2, -0.15) is 0 Å². The van der Waals surface area contributed by atoms with Crippen LogP contribution in [0.4, 0.5) is 15.4 Å². The minimum Gasteiger partial charge on any atom is -0.467 e. The average Bonchev–Trinajstić information content (AvgIpc) is 2.77. The predicted octanol–water partition coefficient (Wildman–Crippen LogP) is 5.38. The minimum absolute atomic E-state index is 0.144. The molecule has 1 rings (SSSR count). The number of rotatable bonds is 9. The summed E-state index contributed by atoms with van der Waals surface area (Å²) in [4.78, 5) is 42.8. The summed E-state index contributed by atoms with van der Waals surface area (Å²) in [6, 6.07) is 4.53. The molecule has 204 valence electrons. The van der Waals surface area contributed by atoms with Gasteiger partial charge < -0.3 is 19.5 Å². The van der Waals surface area contributed by atoms with Gasteiger partial charge in [0.2, 0.25) is 0 Å². The van der Waals surface area contributed by atoms with Gasteiger partial charge in [0.05, 0.1) is 7.11 Å². The number of carbonyl (C=O) groups is 3. The molecular formula is C27H39N3O6S. The lowest BCUT2D eigenvalue weighted by Gasteiger charge is -2.24. The number of allylic oxidation sites excluding steroid dienone is 5. The summed E-state index contributed by atoms with van der Waals surface area (Å²) in [5, 5.41) is 2.51. The number of nitrogens with one attached hydrogen (secondary N) is 1. The number of aromatic nitrogens is 1. The van der Waals surface area contributed by atoms with Crippen molar-refractivity contribution in [3.8, 4) is 0 Å². The van der Waals surface area contributed by atoms with Gasteiger partial charge in [-0.1, -0.05) is 36.4 Å². The Balaban J connectivity index is 2.69. The molecule has 0 fully saturated rings. The topological polar surface area (TPSA) is 107 Å². The van der Waals surface area contributed by atoms with Crippen LogP contribution in [0.15, 0.2) is 53.5 Å². The molecule has 9 nitrogen and oxygen atoms in total. The molecule has 1 aromatic heterocycles. The van der Waals surface area contributed by atoms with E-state index in [-0.39, 0.29) is 6.42 Å². The molecule has 1 atom stereocenters.